The summed E-state index contributed by atoms with van der Waals surface area (Å²) >= 11 is 4.27. The number of amides is 1. The standard InChI is InChI=1S/C11H14N4O3S/c16-11(13-18)8-1-2-10(9(7-8)12-17)14-3-5-15(19)6-4-14/h1-2,7,12,17,19H,3-6H2. The maximum Gasteiger partial charge on any atom is 0.316 e. The minimum Gasteiger partial charge on any atom is -0.367 e. The van der Waals surface area contributed by atoms with Gasteiger partial charge in [-0.25, -0.2) is 4.31 Å². The summed E-state index contributed by atoms with van der Waals surface area (Å²) in [5, 5.41) is 11.5. The van der Waals surface area contributed by atoms with E-state index < -0.39 is 5.91 Å². The van der Waals surface area contributed by atoms with E-state index in [4.69, 9.17) is 5.21 Å². The molecule has 1 heterocycles. The van der Waals surface area contributed by atoms with Crippen LogP contribution in [0.1, 0.15) is 10.4 Å². The van der Waals surface area contributed by atoms with Gasteiger partial charge < -0.3 is 4.90 Å². The molecule has 0 aliphatic carbocycles. The number of piperazine rings is 1. The summed E-state index contributed by atoms with van der Waals surface area (Å²) in [6.07, 6.45) is 0. The number of anilines is 2. The van der Waals surface area contributed by atoms with E-state index in [-0.39, 0.29) is 5.56 Å². The Kier molecular flexibility index (Phi) is 4.35. The third-order valence-electron chi connectivity index (χ3n) is 3.04. The minimum absolute atomic E-state index is 0.142. The SMILES string of the molecule is O=NC(=O)c1ccc(N2CCN(S)CC2)c(NO)c1. The van der Waals surface area contributed by atoms with E-state index >= 15 is 0 Å². The number of hydrogen-bond donors (Lipinski definition) is 3. The van der Waals surface area contributed by atoms with Gasteiger partial charge >= 0.3 is 5.91 Å². The molecular weight excluding hydrogens is 268 g/mol. The van der Waals surface area contributed by atoms with Crippen molar-refractivity contribution in [2.24, 2.45) is 5.18 Å². The van der Waals surface area contributed by atoms with Crippen molar-refractivity contribution in [2.75, 3.05) is 36.6 Å². The highest BCUT2D eigenvalue weighted by atomic mass is 32.1. The average molecular weight is 282 g/mol. The van der Waals surface area contributed by atoms with E-state index in [1.54, 1.807) is 6.07 Å². The number of thiol groups is 1. The van der Waals surface area contributed by atoms with E-state index in [1.807, 2.05) is 4.31 Å². The predicted octanol–water partition coefficient (Wildman–Crippen LogP) is 1.36. The molecule has 0 spiro atoms. The molecule has 1 saturated heterocycles. The summed E-state index contributed by atoms with van der Waals surface area (Å²) in [5.74, 6) is -0.858. The number of carbonyl (C=O) groups excluding carboxylic acids is 1. The molecule has 1 fully saturated rings. The highest BCUT2D eigenvalue weighted by Gasteiger charge is 2.18. The molecule has 19 heavy (non-hydrogen) atoms. The summed E-state index contributed by atoms with van der Waals surface area (Å²) in [6, 6.07) is 4.62. The number of nitroso groups, excluding NO2 is 1. The third-order valence-corrected chi connectivity index (χ3v) is 3.44. The van der Waals surface area contributed by atoms with Crippen LogP contribution in [0.3, 0.4) is 0 Å². The fraction of sp³-hybridized carbons (Fsp3) is 0.364. The van der Waals surface area contributed by atoms with Gasteiger partial charge in [0, 0.05) is 36.9 Å². The minimum atomic E-state index is -0.858. The lowest BCUT2D eigenvalue weighted by atomic mass is 10.1. The van der Waals surface area contributed by atoms with Crippen LogP contribution in [0.4, 0.5) is 11.4 Å². The van der Waals surface area contributed by atoms with Gasteiger partial charge in [-0.15, -0.1) is 4.91 Å². The van der Waals surface area contributed by atoms with Crippen molar-refractivity contribution in [1.82, 2.24) is 4.31 Å². The van der Waals surface area contributed by atoms with Crippen molar-refractivity contribution in [3.8, 4) is 0 Å². The Morgan fingerprint density at radius 2 is 2.00 bits per heavy atom. The van der Waals surface area contributed by atoms with Crippen molar-refractivity contribution < 1.29 is 10.0 Å². The maximum absolute atomic E-state index is 11.2. The van der Waals surface area contributed by atoms with Crippen LogP contribution < -0.4 is 10.4 Å². The molecule has 1 aliphatic heterocycles. The largest absolute Gasteiger partial charge is 0.367 e. The number of carbonyl (C=O) groups is 1. The highest BCUT2D eigenvalue weighted by Crippen LogP contribution is 2.28. The molecule has 0 bridgehead atoms. The van der Waals surface area contributed by atoms with E-state index in [0.717, 1.165) is 31.9 Å². The Morgan fingerprint density at radius 3 is 2.58 bits per heavy atom. The van der Waals surface area contributed by atoms with Gasteiger partial charge in [0.2, 0.25) is 0 Å². The Morgan fingerprint density at radius 1 is 1.32 bits per heavy atom. The number of hydrogen-bond acceptors (Lipinski definition) is 7. The Hall–Kier alpha value is -1.64. The van der Waals surface area contributed by atoms with Gasteiger partial charge in [-0.3, -0.25) is 15.5 Å². The number of benzene rings is 1. The Bertz CT molecular complexity index is 489. The highest BCUT2D eigenvalue weighted by molar-refractivity contribution is 7.77. The molecule has 1 amide bonds. The molecule has 0 unspecified atom stereocenters. The number of rotatable bonds is 3. The number of nitrogens with zero attached hydrogens (tertiary/aromatic N) is 3. The van der Waals surface area contributed by atoms with E-state index in [9.17, 15) is 9.70 Å². The molecule has 2 rings (SSSR count). The molecule has 8 heteroatoms. The van der Waals surface area contributed by atoms with Gasteiger partial charge in [0.25, 0.3) is 0 Å². The van der Waals surface area contributed by atoms with Gasteiger partial charge in [0.05, 0.1) is 11.4 Å². The topological polar surface area (TPSA) is 85.2 Å². The zero-order chi connectivity index (χ0) is 13.8. The summed E-state index contributed by atoms with van der Waals surface area (Å²) in [4.78, 5) is 23.5. The first-order valence-electron chi connectivity index (χ1n) is 5.76. The van der Waals surface area contributed by atoms with Crippen LogP contribution in [0.15, 0.2) is 23.4 Å². The van der Waals surface area contributed by atoms with Gasteiger partial charge in [0.1, 0.15) is 0 Å². The second kappa shape index (κ2) is 6.00. The van der Waals surface area contributed by atoms with Crippen LogP contribution in [-0.4, -0.2) is 41.6 Å². The lowest BCUT2D eigenvalue weighted by molar-refractivity contribution is 0.100. The lowest BCUT2D eigenvalue weighted by Gasteiger charge is -2.34. The molecular formula is C11H14N4O3S. The summed E-state index contributed by atoms with van der Waals surface area (Å²) in [5.41, 5.74) is 3.34. The fourth-order valence-corrected chi connectivity index (χ4v) is 2.20. The zero-order valence-electron chi connectivity index (χ0n) is 10.1. The second-order valence-electron chi connectivity index (χ2n) is 4.18. The molecule has 102 valence electrons. The molecule has 1 aliphatic rings. The number of nitrogens with one attached hydrogen (secondary N) is 1. The predicted molar refractivity (Wildman–Crippen MR) is 74.7 cm³/mol. The van der Waals surface area contributed by atoms with Gasteiger partial charge in [-0.05, 0) is 18.2 Å². The molecule has 1 aromatic rings. The first kappa shape index (κ1) is 13.8. The molecule has 0 radical (unpaired) electrons. The molecule has 0 saturated carbocycles. The van der Waals surface area contributed by atoms with Crippen LogP contribution in [-0.2, 0) is 0 Å². The van der Waals surface area contributed by atoms with Crippen LogP contribution in [0.5, 0.6) is 0 Å². The van der Waals surface area contributed by atoms with Crippen LogP contribution in [0.25, 0.3) is 0 Å². The smallest absolute Gasteiger partial charge is 0.316 e. The molecule has 2 N–H and O–H groups in total. The molecule has 0 atom stereocenters. The average Bonchev–Trinajstić information content (AvgIpc) is 2.46. The zero-order valence-corrected chi connectivity index (χ0v) is 11.0. The lowest BCUT2D eigenvalue weighted by Crippen LogP contribution is -2.42. The Balaban J connectivity index is 2.25. The summed E-state index contributed by atoms with van der Waals surface area (Å²) in [7, 11) is 0. The van der Waals surface area contributed by atoms with Gasteiger partial charge in [0.15, 0.2) is 0 Å². The van der Waals surface area contributed by atoms with Gasteiger partial charge in [-0.2, -0.15) is 0 Å². The van der Waals surface area contributed by atoms with Crippen LogP contribution in [0.2, 0.25) is 0 Å². The normalized spacial score (nSPS) is 16.2. The first-order valence-corrected chi connectivity index (χ1v) is 6.16. The maximum atomic E-state index is 11.2. The molecule has 7 nitrogen and oxygen atoms in total. The van der Waals surface area contributed by atoms with Crippen molar-refractivity contribution in [3.05, 3.63) is 28.7 Å². The van der Waals surface area contributed by atoms with Crippen LogP contribution in [0, 0.1) is 4.91 Å². The van der Waals surface area contributed by atoms with Crippen molar-refractivity contribution in [3.63, 3.8) is 0 Å². The second-order valence-corrected chi connectivity index (χ2v) is 4.75. The van der Waals surface area contributed by atoms with Crippen LogP contribution >= 0.6 is 12.8 Å². The summed E-state index contributed by atoms with van der Waals surface area (Å²) in [6.45, 7) is 3.11. The quantitative estimate of drug-likeness (QED) is 0.441. The van der Waals surface area contributed by atoms with Crippen molar-refractivity contribution in [1.29, 1.82) is 0 Å². The van der Waals surface area contributed by atoms with Gasteiger partial charge in [-0.1, -0.05) is 12.8 Å². The Labute approximate surface area is 115 Å². The molecule has 1 aromatic carbocycles. The fourth-order valence-electron chi connectivity index (χ4n) is 2.02. The monoisotopic (exact) mass is 282 g/mol. The van der Waals surface area contributed by atoms with E-state index in [0.29, 0.717) is 5.69 Å². The first-order chi connectivity index (χ1) is 9.15. The molecule has 0 aromatic heterocycles. The van der Waals surface area contributed by atoms with E-state index in [1.165, 1.54) is 12.1 Å². The third kappa shape index (κ3) is 3.03. The van der Waals surface area contributed by atoms with Crippen molar-refractivity contribution in [2.45, 2.75) is 0 Å². The van der Waals surface area contributed by atoms with Crippen molar-refractivity contribution >= 4 is 30.1 Å². The van der Waals surface area contributed by atoms with E-state index in [2.05, 4.69) is 28.4 Å². The summed E-state index contributed by atoms with van der Waals surface area (Å²) < 4.78 is 1.91.